The van der Waals surface area contributed by atoms with Crippen molar-refractivity contribution in [3.8, 4) is 0 Å². The van der Waals surface area contributed by atoms with E-state index in [2.05, 4.69) is 12.2 Å². The first kappa shape index (κ1) is 11.0. The van der Waals surface area contributed by atoms with Gasteiger partial charge in [0.05, 0.1) is 0 Å². The zero-order valence-electron chi connectivity index (χ0n) is 8.76. The third-order valence-corrected chi connectivity index (χ3v) is 2.12. The molecule has 0 radical (unpaired) electrons. The number of rotatable bonds is 5. The Morgan fingerprint density at radius 1 is 1.43 bits per heavy atom. The zero-order chi connectivity index (χ0) is 10.4. The first-order chi connectivity index (χ1) is 6.74. The van der Waals surface area contributed by atoms with Crippen molar-refractivity contribution in [2.75, 3.05) is 31.6 Å². The molecular weight excluding hydrogens is 179 g/mol. The number of likely N-dealkylation sites (N-methyl/N-ethyl adjacent to an activating group) is 2. The molecule has 0 heterocycles. The number of hydrogen-bond acceptors (Lipinski definition) is 2. The predicted octanol–water partition coefficient (Wildman–Crippen LogP) is 1.87. The van der Waals surface area contributed by atoms with E-state index in [1.807, 2.05) is 18.0 Å². The highest BCUT2D eigenvalue weighted by molar-refractivity contribution is 5.45. The quantitative estimate of drug-likeness (QED) is 0.723. The first-order valence-corrected chi connectivity index (χ1v) is 4.91. The lowest BCUT2D eigenvalue weighted by atomic mass is 10.3. The van der Waals surface area contributed by atoms with Crippen LogP contribution in [0.5, 0.6) is 0 Å². The van der Waals surface area contributed by atoms with Gasteiger partial charge in [-0.1, -0.05) is 13.0 Å². The summed E-state index contributed by atoms with van der Waals surface area (Å²) >= 11 is 0. The lowest BCUT2D eigenvalue weighted by Gasteiger charge is -2.19. The van der Waals surface area contributed by atoms with Crippen LogP contribution in [0.1, 0.15) is 6.92 Å². The normalized spacial score (nSPS) is 10.2. The third kappa shape index (κ3) is 3.34. The molecule has 0 aromatic heterocycles. The average Bonchev–Trinajstić information content (AvgIpc) is 2.18. The van der Waals surface area contributed by atoms with Gasteiger partial charge in [0.2, 0.25) is 0 Å². The summed E-state index contributed by atoms with van der Waals surface area (Å²) in [7, 11) is 1.96. The second kappa shape index (κ2) is 5.60. The Morgan fingerprint density at radius 2 is 2.21 bits per heavy atom. The number of nitrogens with one attached hydrogen (secondary N) is 1. The summed E-state index contributed by atoms with van der Waals surface area (Å²) in [5.41, 5.74) is 0.919. The Kier molecular flexibility index (Phi) is 4.40. The second-order valence-corrected chi connectivity index (χ2v) is 3.25. The molecule has 0 aliphatic heterocycles. The molecule has 0 amide bonds. The largest absolute Gasteiger partial charge is 0.373 e. The highest BCUT2D eigenvalue weighted by Crippen LogP contribution is 2.12. The molecule has 3 heteroatoms. The summed E-state index contributed by atoms with van der Waals surface area (Å²) < 4.78 is 12.9. The van der Waals surface area contributed by atoms with Crippen LogP contribution >= 0.6 is 0 Å². The molecule has 78 valence electrons. The SMILES string of the molecule is CCNCCN(C)c1cccc(F)c1. The summed E-state index contributed by atoms with van der Waals surface area (Å²) in [4.78, 5) is 2.03. The van der Waals surface area contributed by atoms with E-state index in [-0.39, 0.29) is 5.82 Å². The summed E-state index contributed by atoms with van der Waals surface area (Å²) in [6, 6.07) is 6.65. The molecule has 1 aromatic rings. The lowest BCUT2D eigenvalue weighted by Crippen LogP contribution is -2.28. The van der Waals surface area contributed by atoms with E-state index in [9.17, 15) is 4.39 Å². The molecule has 1 N–H and O–H groups in total. The van der Waals surface area contributed by atoms with Crippen LogP contribution in [0, 0.1) is 5.82 Å². The Balaban J connectivity index is 2.47. The molecule has 0 atom stereocenters. The van der Waals surface area contributed by atoms with Gasteiger partial charge in [-0.05, 0) is 24.7 Å². The van der Waals surface area contributed by atoms with Crippen LogP contribution < -0.4 is 10.2 Å². The Hall–Kier alpha value is -1.09. The monoisotopic (exact) mass is 196 g/mol. The van der Waals surface area contributed by atoms with E-state index in [1.165, 1.54) is 6.07 Å². The minimum Gasteiger partial charge on any atom is -0.373 e. The van der Waals surface area contributed by atoms with Crippen LogP contribution in [-0.2, 0) is 0 Å². The van der Waals surface area contributed by atoms with E-state index in [0.717, 1.165) is 25.3 Å². The summed E-state index contributed by atoms with van der Waals surface area (Å²) in [5.74, 6) is -0.183. The van der Waals surface area contributed by atoms with Crippen molar-refractivity contribution in [1.29, 1.82) is 0 Å². The van der Waals surface area contributed by atoms with Crippen molar-refractivity contribution >= 4 is 5.69 Å². The zero-order valence-corrected chi connectivity index (χ0v) is 8.76. The molecule has 2 nitrogen and oxygen atoms in total. The van der Waals surface area contributed by atoms with Crippen molar-refractivity contribution in [2.45, 2.75) is 6.92 Å². The molecule has 0 saturated heterocycles. The van der Waals surface area contributed by atoms with Crippen molar-refractivity contribution in [3.63, 3.8) is 0 Å². The smallest absolute Gasteiger partial charge is 0.125 e. The molecular formula is C11H17FN2. The maximum atomic E-state index is 12.9. The third-order valence-electron chi connectivity index (χ3n) is 2.12. The topological polar surface area (TPSA) is 15.3 Å². The van der Waals surface area contributed by atoms with Crippen LogP contribution in [0.15, 0.2) is 24.3 Å². The van der Waals surface area contributed by atoms with Gasteiger partial charge in [-0.15, -0.1) is 0 Å². The highest BCUT2D eigenvalue weighted by Gasteiger charge is 2.00. The van der Waals surface area contributed by atoms with Crippen LogP contribution in [0.25, 0.3) is 0 Å². The Labute approximate surface area is 84.7 Å². The number of hydrogen-bond donors (Lipinski definition) is 1. The van der Waals surface area contributed by atoms with E-state index < -0.39 is 0 Å². The molecule has 0 spiro atoms. The van der Waals surface area contributed by atoms with Gasteiger partial charge >= 0.3 is 0 Å². The molecule has 1 aromatic carbocycles. The summed E-state index contributed by atoms with van der Waals surface area (Å²) in [6.45, 7) is 4.85. The van der Waals surface area contributed by atoms with E-state index in [4.69, 9.17) is 0 Å². The highest BCUT2D eigenvalue weighted by atomic mass is 19.1. The van der Waals surface area contributed by atoms with Gasteiger partial charge in [-0.2, -0.15) is 0 Å². The fourth-order valence-electron chi connectivity index (χ4n) is 1.27. The van der Waals surface area contributed by atoms with Gasteiger partial charge in [0.25, 0.3) is 0 Å². The van der Waals surface area contributed by atoms with E-state index >= 15 is 0 Å². The number of halogens is 1. The molecule has 0 fully saturated rings. The fourth-order valence-corrected chi connectivity index (χ4v) is 1.27. The molecule has 0 saturated carbocycles. The summed E-state index contributed by atoms with van der Waals surface area (Å²) in [5, 5.41) is 3.23. The molecule has 1 rings (SSSR count). The number of anilines is 1. The van der Waals surface area contributed by atoms with Gasteiger partial charge in [0, 0.05) is 25.8 Å². The van der Waals surface area contributed by atoms with Gasteiger partial charge in [-0.25, -0.2) is 4.39 Å². The average molecular weight is 196 g/mol. The van der Waals surface area contributed by atoms with Crippen molar-refractivity contribution in [3.05, 3.63) is 30.1 Å². The van der Waals surface area contributed by atoms with Crippen LogP contribution in [-0.4, -0.2) is 26.7 Å². The number of nitrogens with zero attached hydrogens (tertiary/aromatic N) is 1. The lowest BCUT2D eigenvalue weighted by molar-refractivity contribution is 0.626. The van der Waals surface area contributed by atoms with Crippen molar-refractivity contribution in [2.24, 2.45) is 0 Å². The fraction of sp³-hybridized carbons (Fsp3) is 0.455. The summed E-state index contributed by atoms with van der Waals surface area (Å²) in [6.07, 6.45) is 0. The van der Waals surface area contributed by atoms with E-state index in [0.29, 0.717) is 0 Å². The van der Waals surface area contributed by atoms with Crippen molar-refractivity contribution < 1.29 is 4.39 Å². The second-order valence-electron chi connectivity index (χ2n) is 3.25. The van der Waals surface area contributed by atoms with E-state index in [1.54, 1.807) is 12.1 Å². The van der Waals surface area contributed by atoms with Crippen LogP contribution in [0.2, 0.25) is 0 Å². The van der Waals surface area contributed by atoms with Gasteiger partial charge in [0.15, 0.2) is 0 Å². The Morgan fingerprint density at radius 3 is 2.86 bits per heavy atom. The molecule has 0 aliphatic rings. The molecule has 0 unspecified atom stereocenters. The van der Waals surface area contributed by atoms with Gasteiger partial charge in [-0.3, -0.25) is 0 Å². The minimum atomic E-state index is -0.183. The van der Waals surface area contributed by atoms with Gasteiger partial charge < -0.3 is 10.2 Å². The minimum absolute atomic E-state index is 0.183. The molecule has 0 aliphatic carbocycles. The molecule has 14 heavy (non-hydrogen) atoms. The molecule has 0 bridgehead atoms. The Bertz CT molecular complexity index is 276. The number of benzene rings is 1. The van der Waals surface area contributed by atoms with Crippen LogP contribution in [0.4, 0.5) is 10.1 Å². The first-order valence-electron chi connectivity index (χ1n) is 4.91. The maximum absolute atomic E-state index is 12.9. The van der Waals surface area contributed by atoms with Gasteiger partial charge in [0.1, 0.15) is 5.82 Å². The van der Waals surface area contributed by atoms with Crippen molar-refractivity contribution in [1.82, 2.24) is 5.32 Å². The van der Waals surface area contributed by atoms with Crippen LogP contribution in [0.3, 0.4) is 0 Å². The maximum Gasteiger partial charge on any atom is 0.125 e. The standard InChI is InChI=1S/C11H17FN2/c1-3-13-7-8-14(2)11-6-4-5-10(12)9-11/h4-6,9,13H,3,7-8H2,1-2H3. The predicted molar refractivity (Wildman–Crippen MR) is 58.2 cm³/mol.